The SMILES string of the molecule is Nc1cc(-c2ccc(N3CCCCC3)nc2)nc2ccccc12. The molecule has 4 rings (SSSR count). The number of para-hydroxylation sites is 1. The molecular formula is C19H20N4. The summed E-state index contributed by atoms with van der Waals surface area (Å²) in [5.74, 6) is 1.06. The molecule has 2 aromatic heterocycles. The monoisotopic (exact) mass is 304 g/mol. The number of hydrogen-bond acceptors (Lipinski definition) is 4. The van der Waals surface area contributed by atoms with Gasteiger partial charge in [-0.2, -0.15) is 0 Å². The number of piperidine rings is 1. The Morgan fingerprint density at radius 2 is 1.78 bits per heavy atom. The van der Waals surface area contributed by atoms with E-state index < -0.39 is 0 Å². The van der Waals surface area contributed by atoms with E-state index >= 15 is 0 Å². The highest BCUT2D eigenvalue weighted by atomic mass is 15.2. The minimum atomic E-state index is 0.755. The van der Waals surface area contributed by atoms with Crippen LogP contribution < -0.4 is 10.6 Å². The third-order valence-corrected chi connectivity index (χ3v) is 4.47. The normalized spacial score (nSPS) is 15.0. The third kappa shape index (κ3) is 2.72. The van der Waals surface area contributed by atoms with Crippen molar-refractivity contribution in [1.29, 1.82) is 0 Å². The predicted molar refractivity (Wildman–Crippen MR) is 95.5 cm³/mol. The largest absolute Gasteiger partial charge is 0.398 e. The summed E-state index contributed by atoms with van der Waals surface area (Å²) in [5.41, 5.74) is 9.72. The van der Waals surface area contributed by atoms with Gasteiger partial charge in [-0.3, -0.25) is 0 Å². The summed E-state index contributed by atoms with van der Waals surface area (Å²) >= 11 is 0. The number of nitrogens with two attached hydrogens (primary N) is 1. The second-order valence-electron chi connectivity index (χ2n) is 6.07. The topological polar surface area (TPSA) is 55.0 Å². The Morgan fingerprint density at radius 1 is 0.957 bits per heavy atom. The van der Waals surface area contributed by atoms with Crippen molar-refractivity contribution < 1.29 is 0 Å². The zero-order chi connectivity index (χ0) is 15.6. The van der Waals surface area contributed by atoms with Gasteiger partial charge in [0.25, 0.3) is 0 Å². The van der Waals surface area contributed by atoms with Gasteiger partial charge in [-0.25, -0.2) is 9.97 Å². The van der Waals surface area contributed by atoms with Crippen molar-refractivity contribution in [2.75, 3.05) is 23.7 Å². The quantitative estimate of drug-likeness (QED) is 0.781. The Morgan fingerprint density at radius 3 is 2.57 bits per heavy atom. The average Bonchev–Trinajstić information content (AvgIpc) is 2.63. The minimum absolute atomic E-state index is 0.755. The minimum Gasteiger partial charge on any atom is -0.398 e. The van der Waals surface area contributed by atoms with E-state index in [2.05, 4.69) is 22.0 Å². The summed E-state index contributed by atoms with van der Waals surface area (Å²) in [7, 11) is 0. The average molecular weight is 304 g/mol. The second kappa shape index (κ2) is 5.88. The molecule has 0 spiro atoms. The lowest BCUT2D eigenvalue weighted by Gasteiger charge is -2.27. The van der Waals surface area contributed by atoms with Crippen LogP contribution in [0.5, 0.6) is 0 Å². The molecule has 4 heteroatoms. The number of nitrogen functional groups attached to an aromatic ring is 1. The highest BCUT2D eigenvalue weighted by Crippen LogP contribution is 2.27. The van der Waals surface area contributed by atoms with Gasteiger partial charge in [0.05, 0.1) is 11.2 Å². The Bertz CT molecular complexity index is 820. The highest BCUT2D eigenvalue weighted by molar-refractivity contribution is 5.92. The van der Waals surface area contributed by atoms with Crippen molar-refractivity contribution in [3.63, 3.8) is 0 Å². The van der Waals surface area contributed by atoms with Gasteiger partial charge in [-0.05, 0) is 43.5 Å². The molecule has 1 fully saturated rings. The first kappa shape index (κ1) is 14.0. The molecule has 0 bridgehead atoms. The van der Waals surface area contributed by atoms with Crippen molar-refractivity contribution in [2.24, 2.45) is 0 Å². The standard InChI is InChI=1S/C19H20N4/c20-16-12-18(22-17-7-3-2-6-15(16)17)14-8-9-19(21-13-14)23-10-4-1-5-11-23/h2-3,6-9,12-13H,1,4-5,10-11H2,(H2,20,22). The van der Waals surface area contributed by atoms with Crippen LogP contribution in [0.3, 0.4) is 0 Å². The summed E-state index contributed by atoms with van der Waals surface area (Å²) in [6, 6.07) is 14.1. The Hall–Kier alpha value is -2.62. The molecule has 3 aromatic rings. The van der Waals surface area contributed by atoms with Gasteiger partial charge < -0.3 is 10.6 Å². The van der Waals surface area contributed by atoms with Crippen LogP contribution in [0, 0.1) is 0 Å². The van der Waals surface area contributed by atoms with Crippen LogP contribution >= 0.6 is 0 Å². The van der Waals surface area contributed by atoms with E-state index in [1.807, 2.05) is 36.5 Å². The maximum absolute atomic E-state index is 6.17. The van der Waals surface area contributed by atoms with Crippen molar-refractivity contribution in [2.45, 2.75) is 19.3 Å². The smallest absolute Gasteiger partial charge is 0.128 e. The van der Waals surface area contributed by atoms with Crippen molar-refractivity contribution in [3.8, 4) is 11.3 Å². The van der Waals surface area contributed by atoms with Gasteiger partial charge in [0.15, 0.2) is 0 Å². The van der Waals surface area contributed by atoms with Crippen LogP contribution in [0.1, 0.15) is 19.3 Å². The van der Waals surface area contributed by atoms with Crippen molar-refractivity contribution in [1.82, 2.24) is 9.97 Å². The lowest BCUT2D eigenvalue weighted by atomic mass is 10.1. The van der Waals surface area contributed by atoms with E-state index in [-0.39, 0.29) is 0 Å². The van der Waals surface area contributed by atoms with E-state index in [0.29, 0.717) is 0 Å². The molecule has 1 aliphatic rings. The van der Waals surface area contributed by atoms with E-state index in [4.69, 9.17) is 10.7 Å². The molecule has 0 aliphatic carbocycles. The molecule has 1 aromatic carbocycles. The van der Waals surface area contributed by atoms with Crippen LogP contribution in [0.25, 0.3) is 22.2 Å². The number of anilines is 2. The summed E-state index contributed by atoms with van der Waals surface area (Å²) in [6.07, 6.45) is 5.74. The molecule has 4 nitrogen and oxygen atoms in total. The number of fused-ring (bicyclic) bond motifs is 1. The van der Waals surface area contributed by atoms with Crippen LogP contribution in [0.2, 0.25) is 0 Å². The molecule has 23 heavy (non-hydrogen) atoms. The fourth-order valence-electron chi connectivity index (χ4n) is 3.20. The molecule has 0 unspecified atom stereocenters. The molecule has 2 N–H and O–H groups in total. The molecule has 0 amide bonds. The molecular weight excluding hydrogens is 284 g/mol. The van der Waals surface area contributed by atoms with Gasteiger partial charge in [-0.1, -0.05) is 18.2 Å². The van der Waals surface area contributed by atoms with Crippen LogP contribution in [-0.2, 0) is 0 Å². The van der Waals surface area contributed by atoms with Gasteiger partial charge in [0, 0.05) is 35.9 Å². The maximum Gasteiger partial charge on any atom is 0.128 e. The number of aromatic nitrogens is 2. The zero-order valence-electron chi connectivity index (χ0n) is 13.1. The number of benzene rings is 1. The van der Waals surface area contributed by atoms with E-state index in [1.165, 1.54) is 19.3 Å². The Labute approximate surface area is 136 Å². The second-order valence-corrected chi connectivity index (χ2v) is 6.07. The number of rotatable bonds is 2. The summed E-state index contributed by atoms with van der Waals surface area (Å²) in [5, 5.41) is 0.995. The first-order chi connectivity index (χ1) is 11.3. The van der Waals surface area contributed by atoms with Gasteiger partial charge in [0.2, 0.25) is 0 Å². The maximum atomic E-state index is 6.17. The number of nitrogens with zero attached hydrogens (tertiary/aromatic N) is 3. The molecule has 0 atom stereocenters. The summed E-state index contributed by atoms with van der Waals surface area (Å²) in [4.78, 5) is 11.7. The Balaban J connectivity index is 1.67. The van der Waals surface area contributed by atoms with E-state index in [9.17, 15) is 0 Å². The lowest BCUT2D eigenvalue weighted by molar-refractivity contribution is 0.573. The molecule has 116 valence electrons. The van der Waals surface area contributed by atoms with Gasteiger partial charge in [0.1, 0.15) is 5.82 Å². The van der Waals surface area contributed by atoms with E-state index in [1.54, 1.807) is 0 Å². The van der Waals surface area contributed by atoms with Crippen molar-refractivity contribution in [3.05, 3.63) is 48.7 Å². The van der Waals surface area contributed by atoms with Gasteiger partial charge >= 0.3 is 0 Å². The van der Waals surface area contributed by atoms with Crippen LogP contribution in [0.15, 0.2) is 48.7 Å². The first-order valence-corrected chi connectivity index (χ1v) is 8.18. The Kier molecular flexibility index (Phi) is 3.58. The van der Waals surface area contributed by atoms with Crippen molar-refractivity contribution >= 4 is 22.4 Å². The lowest BCUT2D eigenvalue weighted by Crippen LogP contribution is -2.29. The number of pyridine rings is 2. The summed E-state index contributed by atoms with van der Waals surface area (Å²) < 4.78 is 0. The highest BCUT2D eigenvalue weighted by Gasteiger charge is 2.12. The molecule has 3 heterocycles. The summed E-state index contributed by atoms with van der Waals surface area (Å²) in [6.45, 7) is 2.21. The van der Waals surface area contributed by atoms with E-state index in [0.717, 1.165) is 46.8 Å². The van der Waals surface area contributed by atoms with Crippen LogP contribution in [0.4, 0.5) is 11.5 Å². The molecule has 1 aliphatic heterocycles. The van der Waals surface area contributed by atoms with Gasteiger partial charge in [-0.15, -0.1) is 0 Å². The molecule has 0 radical (unpaired) electrons. The molecule has 0 saturated carbocycles. The first-order valence-electron chi connectivity index (χ1n) is 8.18. The number of hydrogen-bond donors (Lipinski definition) is 1. The third-order valence-electron chi connectivity index (χ3n) is 4.47. The predicted octanol–water partition coefficient (Wildman–Crippen LogP) is 3.87. The molecule has 1 saturated heterocycles. The fourth-order valence-corrected chi connectivity index (χ4v) is 3.20. The zero-order valence-corrected chi connectivity index (χ0v) is 13.1. The van der Waals surface area contributed by atoms with Crippen LogP contribution in [-0.4, -0.2) is 23.1 Å². The fraction of sp³-hybridized carbons (Fsp3) is 0.263.